The number of hydrogen-bond donors (Lipinski definition) is 0. The molecule has 4 nitrogen and oxygen atoms in total. The van der Waals surface area contributed by atoms with Crippen LogP contribution in [0.4, 0.5) is 5.82 Å². The summed E-state index contributed by atoms with van der Waals surface area (Å²) in [6.07, 6.45) is 4.04. The van der Waals surface area contributed by atoms with E-state index in [1.54, 1.807) is 6.20 Å². The first-order valence-electron chi connectivity index (χ1n) is 4.76. The Morgan fingerprint density at radius 2 is 2.50 bits per heavy atom. The van der Waals surface area contributed by atoms with Crippen molar-refractivity contribution < 1.29 is 4.74 Å². The van der Waals surface area contributed by atoms with Gasteiger partial charge in [-0.3, -0.25) is 0 Å². The first-order valence-corrected chi connectivity index (χ1v) is 5.14. The molecule has 0 aliphatic carbocycles. The van der Waals surface area contributed by atoms with Gasteiger partial charge >= 0.3 is 0 Å². The third-order valence-electron chi connectivity index (χ3n) is 2.79. The minimum Gasteiger partial charge on any atom is -0.486 e. The van der Waals surface area contributed by atoms with E-state index in [1.165, 1.54) is 12.8 Å². The fourth-order valence-corrected chi connectivity index (χ4v) is 2.25. The van der Waals surface area contributed by atoms with Crippen LogP contribution in [0.2, 0.25) is 5.28 Å². The lowest BCUT2D eigenvalue weighted by Gasteiger charge is -2.31. The lowest BCUT2D eigenvalue weighted by Crippen LogP contribution is -2.38. The van der Waals surface area contributed by atoms with Crippen LogP contribution in [0.25, 0.3) is 0 Å². The lowest BCUT2D eigenvalue weighted by atomic mass is 10.2. The minimum atomic E-state index is 0.292. The molecule has 0 radical (unpaired) electrons. The summed E-state index contributed by atoms with van der Waals surface area (Å²) in [4.78, 5) is 10.4. The van der Waals surface area contributed by atoms with Crippen LogP contribution in [0.15, 0.2) is 6.20 Å². The van der Waals surface area contributed by atoms with Crippen molar-refractivity contribution in [2.45, 2.75) is 18.9 Å². The summed E-state index contributed by atoms with van der Waals surface area (Å²) < 4.78 is 5.57. The lowest BCUT2D eigenvalue weighted by molar-refractivity contribution is 0.268. The van der Waals surface area contributed by atoms with Crippen molar-refractivity contribution in [1.82, 2.24) is 9.97 Å². The van der Waals surface area contributed by atoms with Gasteiger partial charge in [-0.25, -0.2) is 4.98 Å². The topological polar surface area (TPSA) is 38.2 Å². The van der Waals surface area contributed by atoms with Crippen molar-refractivity contribution in [3.63, 3.8) is 0 Å². The van der Waals surface area contributed by atoms with E-state index in [4.69, 9.17) is 16.3 Å². The molecule has 1 saturated heterocycles. The highest BCUT2D eigenvalue weighted by atomic mass is 35.5. The average Bonchev–Trinajstić information content (AvgIpc) is 2.65. The van der Waals surface area contributed by atoms with Gasteiger partial charge in [0.15, 0.2) is 11.6 Å². The van der Waals surface area contributed by atoms with Crippen LogP contribution in [0.5, 0.6) is 5.75 Å². The van der Waals surface area contributed by atoms with Gasteiger partial charge in [0, 0.05) is 6.54 Å². The summed E-state index contributed by atoms with van der Waals surface area (Å²) in [5.74, 6) is 1.62. The first kappa shape index (κ1) is 8.29. The van der Waals surface area contributed by atoms with Crippen molar-refractivity contribution in [3.05, 3.63) is 11.5 Å². The van der Waals surface area contributed by atoms with Crippen LogP contribution in [-0.4, -0.2) is 29.2 Å². The summed E-state index contributed by atoms with van der Waals surface area (Å²) in [5.41, 5.74) is 0. The molecule has 0 bridgehead atoms. The molecular formula is C9H10ClN3O. The van der Waals surface area contributed by atoms with Gasteiger partial charge in [-0.05, 0) is 24.4 Å². The Hall–Kier alpha value is -1.03. The standard InChI is InChI=1S/C9H10ClN3O/c10-9-11-4-7-8(12-9)13-3-1-2-6(13)5-14-7/h4,6H,1-3,5H2. The van der Waals surface area contributed by atoms with E-state index < -0.39 is 0 Å². The van der Waals surface area contributed by atoms with Gasteiger partial charge in [-0.2, -0.15) is 4.98 Å². The molecule has 1 aromatic heterocycles. The van der Waals surface area contributed by atoms with Gasteiger partial charge in [-0.1, -0.05) is 0 Å². The second-order valence-corrected chi connectivity index (χ2v) is 3.97. The summed E-state index contributed by atoms with van der Waals surface area (Å²) in [7, 11) is 0. The maximum atomic E-state index is 5.76. The number of aromatic nitrogens is 2. The molecule has 1 fully saturated rings. The number of fused-ring (bicyclic) bond motifs is 3. The largest absolute Gasteiger partial charge is 0.486 e. The fraction of sp³-hybridized carbons (Fsp3) is 0.556. The van der Waals surface area contributed by atoms with Gasteiger partial charge in [-0.15, -0.1) is 0 Å². The Balaban J connectivity index is 2.07. The molecule has 0 aromatic carbocycles. The first-order chi connectivity index (χ1) is 6.84. The number of hydrogen-bond acceptors (Lipinski definition) is 4. The number of ether oxygens (including phenoxy) is 1. The van der Waals surface area contributed by atoms with E-state index in [-0.39, 0.29) is 0 Å². The van der Waals surface area contributed by atoms with Crippen LogP contribution >= 0.6 is 11.6 Å². The smallest absolute Gasteiger partial charge is 0.224 e. The van der Waals surface area contributed by atoms with Crippen molar-refractivity contribution in [3.8, 4) is 5.75 Å². The number of nitrogens with zero attached hydrogens (tertiary/aromatic N) is 3. The summed E-state index contributed by atoms with van der Waals surface area (Å²) in [5, 5.41) is 0.292. The van der Waals surface area contributed by atoms with Crippen LogP contribution in [0.1, 0.15) is 12.8 Å². The monoisotopic (exact) mass is 211 g/mol. The van der Waals surface area contributed by atoms with Crippen LogP contribution in [-0.2, 0) is 0 Å². The fourth-order valence-electron chi connectivity index (χ4n) is 2.12. The molecule has 3 heterocycles. The van der Waals surface area contributed by atoms with E-state index >= 15 is 0 Å². The van der Waals surface area contributed by atoms with Crippen molar-refractivity contribution >= 4 is 17.4 Å². The second-order valence-electron chi connectivity index (χ2n) is 3.63. The average molecular weight is 212 g/mol. The zero-order valence-electron chi connectivity index (χ0n) is 7.61. The normalized spacial score (nSPS) is 24.1. The Labute approximate surface area is 86.9 Å². The van der Waals surface area contributed by atoms with E-state index in [1.807, 2.05) is 0 Å². The number of anilines is 1. The summed E-state index contributed by atoms with van der Waals surface area (Å²) in [6.45, 7) is 1.80. The predicted octanol–water partition coefficient (Wildman–Crippen LogP) is 1.49. The van der Waals surface area contributed by atoms with Crippen LogP contribution in [0, 0.1) is 0 Å². The second kappa shape index (κ2) is 2.98. The van der Waals surface area contributed by atoms with Gasteiger partial charge in [0.05, 0.1) is 12.2 Å². The molecule has 0 N–H and O–H groups in total. The molecule has 0 saturated carbocycles. The molecule has 1 unspecified atom stereocenters. The molecule has 3 rings (SSSR count). The summed E-state index contributed by atoms with van der Waals surface area (Å²) >= 11 is 5.76. The Kier molecular flexibility index (Phi) is 1.77. The van der Waals surface area contributed by atoms with E-state index in [0.717, 1.165) is 24.7 Å². The van der Waals surface area contributed by atoms with Gasteiger partial charge < -0.3 is 9.64 Å². The van der Waals surface area contributed by atoms with Crippen LogP contribution < -0.4 is 9.64 Å². The van der Waals surface area contributed by atoms with E-state index in [0.29, 0.717) is 11.3 Å². The van der Waals surface area contributed by atoms with Crippen molar-refractivity contribution in [1.29, 1.82) is 0 Å². The van der Waals surface area contributed by atoms with Crippen molar-refractivity contribution in [2.75, 3.05) is 18.1 Å². The Morgan fingerprint density at radius 3 is 3.43 bits per heavy atom. The molecule has 0 amide bonds. The molecule has 1 atom stereocenters. The molecule has 74 valence electrons. The predicted molar refractivity (Wildman–Crippen MR) is 52.9 cm³/mol. The maximum absolute atomic E-state index is 5.76. The molecular weight excluding hydrogens is 202 g/mol. The Bertz CT molecular complexity index is 371. The maximum Gasteiger partial charge on any atom is 0.224 e. The number of rotatable bonds is 0. The highest BCUT2D eigenvalue weighted by molar-refractivity contribution is 6.28. The zero-order chi connectivity index (χ0) is 9.54. The van der Waals surface area contributed by atoms with E-state index in [2.05, 4.69) is 14.9 Å². The minimum absolute atomic E-state index is 0.292. The highest BCUT2D eigenvalue weighted by Gasteiger charge is 2.32. The van der Waals surface area contributed by atoms with Gasteiger partial charge in [0.1, 0.15) is 6.61 Å². The van der Waals surface area contributed by atoms with Crippen LogP contribution in [0.3, 0.4) is 0 Å². The zero-order valence-corrected chi connectivity index (χ0v) is 8.37. The van der Waals surface area contributed by atoms with Gasteiger partial charge in [0.2, 0.25) is 5.28 Å². The molecule has 5 heteroatoms. The number of halogens is 1. The molecule has 0 spiro atoms. The van der Waals surface area contributed by atoms with Crippen molar-refractivity contribution in [2.24, 2.45) is 0 Å². The highest BCUT2D eigenvalue weighted by Crippen LogP contribution is 2.36. The Morgan fingerprint density at radius 1 is 1.57 bits per heavy atom. The molecule has 2 aliphatic rings. The summed E-state index contributed by atoms with van der Waals surface area (Å²) in [6, 6.07) is 0.480. The third-order valence-corrected chi connectivity index (χ3v) is 2.97. The quantitative estimate of drug-likeness (QED) is 0.610. The molecule has 14 heavy (non-hydrogen) atoms. The molecule has 1 aromatic rings. The SMILES string of the molecule is Clc1ncc2c(n1)N1CCCC1CO2. The van der Waals surface area contributed by atoms with Gasteiger partial charge in [0.25, 0.3) is 0 Å². The molecule has 2 aliphatic heterocycles. The third kappa shape index (κ3) is 1.14. The van der Waals surface area contributed by atoms with E-state index in [9.17, 15) is 0 Å².